The van der Waals surface area contributed by atoms with Crippen LogP contribution in [0.3, 0.4) is 0 Å². The van der Waals surface area contributed by atoms with Crippen molar-refractivity contribution in [1.29, 1.82) is 0 Å². The van der Waals surface area contributed by atoms with Crippen molar-refractivity contribution in [3.8, 4) is 5.75 Å². The summed E-state index contributed by atoms with van der Waals surface area (Å²) < 4.78 is 5.59. The van der Waals surface area contributed by atoms with Crippen LogP contribution in [0.25, 0.3) is 0 Å². The highest BCUT2D eigenvalue weighted by Crippen LogP contribution is 2.28. The summed E-state index contributed by atoms with van der Waals surface area (Å²) in [7, 11) is 0. The van der Waals surface area contributed by atoms with Crippen LogP contribution in [-0.2, 0) is 13.0 Å². The monoisotopic (exact) mass is 379 g/mol. The highest BCUT2D eigenvalue weighted by atomic mass is 32.1. The van der Waals surface area contributed by atoms with Crippen molar-refractivity contribution in [3.63, 3.8) is 0 Å². The molecule has 1 aliphatic heterocycles. The zero-order valence-corrected chi connectivity index (χ0v) is 15.7. The summed E-state index contributed by atoms with van der Waals surface area (Å²) in [6.45, 7) is 2.66. The molecule has 0 fully saturated rings. The topological polar surface area (TPSA) is 54.5 Å². The van der Waals surface area contributed by atoms with Crippen LogP contribution in [0.2, 0.25) is 0 Å². The Kier molecular flexibility index (Phi) is 5.34. The average molecular weight is 379 g/mol. The Morgan fingerprint density at radius 2 is 1.89 bits per heavy atom. The molecule has 3 aromatic rings. The number of carbonyl (C=O) groups excluding carboxylic acids is 1. The van der Waals surface area contributed by atoms with Crippen molar-refractivity contribution >= 4 is 22.4 Å². The van der Waals surface area contributed by atoms with Crippen molar-refractivity contribution < 1.29 is 9.53 Å². The van der Waals surface area contributed by atoms with Gasteiger partial charge in [0.25, 0.3) is 5.91 Å². The number of hydrogen-bond acceptors (Lipinski definition) is 5. The zero-order chi connectivity index (χ0) is 18.5. The predicted molar refractivity (Wildman–Crippen MR) is 108 cm³/mol. The lowest BCUT2D eigenvalue weighted by molar-refractivity contribution is 0.0951. The number of fused-ring (bicyclic) bond motifs is 1. The third kappa shape index (κ3) is 4.28. The Bertz CT molecular complexity index is 911. The van der Waals surface area contributed by atoms with Gasteiger partial charge in [-0.3, -0.25) is 4.79 Å². The summed E-state index contributed by atoms with van der Waals surface area (Å²) in [5.74, 6) is 0.699. The molecule has 5 nitrogen and oxygen atoms in total. The van der Waals surface area contributed by atoms with Crippen LogP contribution in [0.15, 0.2) is 60.8 Å². The van der Waals surface area contributed by atoms with Crippen LogP contribution in [0, 0.1) is 0 Å². The van der Waals surface area contributed by atoms with Crippen molar-refractivity contribution in [1.82, 2.24) is 10.3 Å². The Morgan fingerprint density at radius 1 is 1.11 bits per heavy atom. The van der Waals surface area contributed by atoms with E-state index in [4.69, 9.17) is 4.74 Å². The molecule has 4 rings (SSSR count). The molecule has 1 N–H and O–H groups in total. The number of anilines is 1. The largest absolute Gasteiger partial charge is 0.492 e. The number of rotatable bonds is 6. The van der Waals surface area contributed by atoms with Gasteiger partial charge < -0.3 is 15.0 Å². The van der Waals surface area contributed by atoms with E-state index in [2.05, 4.69) is 39.5 Å². The van der Waals surface area contributed by atoms with Crippen LogP contribution in [0.1, 0.15) is 20.8 Å². The normalized spacial score (nSPS) is 13.1. The quantitative estimate of drug-likeness (QED) is 0.666. The van der Waals surface area contributed by atoms with E-state index in [0.29, 0.717) is 18.0 Å². The van der Waals surface area contributed by atoms with Crippen LogP contribution < -0.4 is 15.0 Å². The van der Waals surface area contributed by atoms with Gasteiger partial charge in [-0.2, -0.15) is 0 Å². The third-order valence-corrected chi connectivity index (χ3v) is 5.57. The minimum absolute atomic E-state index is 0.104. The van der Waals surface area contributed by atoms with E-state index in [-0.39, 0.29) is 5.91 Å². The number of carbonyl (C=O) groups is 1. The smallest absolute Gasteiger partial charge is 0.263 e. The van der Waals surface area contributed by atoms with Gasteiger partial charge in [0.2, 0.25) is 0 Å². The lowest BCUT2D eigenvalue weighted by atomic mass is 10.0. The molecule has 1 aromatic heterocycles. The Morgan fingerprint density at radius 3 is 2.74 bits per heavy atom. The molecule has 6 heteroatoms. The number of aromatic nitrogens is 1. The highest BCUT2D eigenvalue weighted by molar-refractivity contribution is 7.17. The Balaban J connectivity index is 1.29. The number of para-hydroxylation sites is 1. The number of hydrogen-bond donors (Lipinski definition) is 1. The fraction of sp³-hybridized carbons (Fsp3) is 0.238. The molecule has 0 unspecified atom stereocenters. The zero-order valence-electron chi connectivity index (χ0n) is 14.9. The van der Waals surface area contributed by atoms with Crippen molar-refractivity contribution in [2.75, 3.05) is 24.6 Å². The average Bonchev–Trinajstić information content (AvgIpc) is 3.22. The molecule has 0 bridgehead atoms. The van der Waals surface area contributed by atoms with Gasteiger partial charge in [-0.15, -0.1) is 0 Å². The van der Waals surface area contributed by atoms with Crippen molar-refractivity contribution in [3.05, 3.63) is 76.8 Å². The number of nitrogens with zero attached hydrogens (tertiary/aromatic N) is 2. The van der Waals surface area contributed by atoms with E-state index in [1.165, 1.54) is 22.5 Å². The molecule has 1 aliphatic rings. The second kappa shape index (κ2) is 8.22. The van der Waals surface area contributed by atoms with Crippen LogP contribution in [0.4, 0.5) is 5.13 Å². The standard InChI is InChI=1S/C21H21N3O2S/c25-20(22-11-13-26-18-8-2-1-3-9-18)19-14-23-21(27-19)24-12-10-16-6-4-5-7-17(16)15-24/h1-9,14H,10-13,15H2,(H,22,25). The molecule has 2 aromatic carbocycles. The molecule has 0 aliphatic carbocycles. The van der Waals surface area contributed by atoms with Gasteiger partial charge in [0.1, 0.15) is 17.2 Å². The molecule has 0 saturated carbocycles. The maximum Gasteiger partial charge on any atom is 0.263 e. The predicted octanol–water partition coefficient (Wildman–Crippen LogP) is 3.51. The van der Waals surface area contributed by atoms with Gasteiger partial charge >= 0.3 is 0 Å². The van der Waals surface area contributed by atoms with E-state index in [1.807, 2.05) is 30.3 Å². The van der Waals surface area contributed by atoms with Crippen LogP contribution in [-0.4, -0.2) is 30.6 Å². The van der Waals surface area contributed by atoms with Gasteiger partial charge in [0.15, 0.2) is 5.13 Å². The molecule has 2 heterocycles. The molecule has 0 spiro atoms. The molecule has 1 amide bonds. The second-order valence-electron chi connectivity index (χ2n) is 6.36. The molecule has 0 atom stereocenters. The van der Waals surface area contributed by atoms with Crippen LogP contribution in [0.5, 0.6) is 5.75 Å². The summed E-state index contributed by atoms with van der Waals surface area (Å²) in [6, 6.07) is 18.1. The van der Waals surface area contributed by atoms with Crippen LogP contribution >= 0.6 is 11.3 Å². The van der Waals surface area contributed by atoms with Crippen molar-refractivity contribution in [2.45, 2.75) is 13.0 Å². The van der Waals surface area contributed by atoms with Gasteiger partial charge in [-0.05, 0) is 29.7 Å². The minimum atomic E-state index is -0.104. The van der Waals surface area contributed by atoms with Gasteiger partial charge in [-0.1, -0.05) is 53.8 Å². The van der Waals surface area contributed by atoms with Gasteiger partial charge in [-0.25, -0.2) is 4.98 Å². The fourth-order valence-electron chi connectivity index (χ4n) is 3.11. The first kappa shape index (κ1) is 17.5. The highest BCUT2D eigenvalue weighted by Gasteiger charge is 2.20. The van der Waals surface area contributed by atoms with E-state index < -0.39 is 0 Å². The molecule has 0 radical (unpaired) electrons. The first-order chi connectivity index (χ1) is 13.3. The van der Waals surface area contributed by atoms with E-state index in [0.717, 1.165) is 30.4 Å². The van der Waals surface area contributed by atoms with Gasteiger partial charge in [0.05, 0.1) is 12.7 Å². The lowest BCUT2D eigenvalue weighted by Crippen LogP contribution is -2.30. The summed E-state index contributed by atoms with van der Waals surface area (Å²) in [5, 5.41) is 3.79. The number of thiazole rings is 1. The summed E-state index contributed by atoms with van der Waals surface area (Å²) >= 11 is 1.44. The first-order valence-electron chi connectivity index (χ1n) is 9.03. The molecular weight excluding hydrogens is 358 g/mol. The lowest BCUT2D eigenvalue weighted by Gasteiger charge is -2.28. The second-order valence-corrected chi connectivity index (χ2v) is 7.37. The molecule has 27 heavy (non-hydrogen) atoms. The van der Waals surface area contributed by atoms with E-state index >= 15 is 0 Å². The number of ether oxygens (including phenoxy) is 1. The summed E-state index contributed by atoms with van der Waals surface area (Å²) in [6.07, 6.45) is 2.67. The number of nitrogens with one attached hydrogen (secondary N) is 1. The Labute approximate surface area is 162 Å². The fourth-order valence-corrected chi connectivity index (χ4v) is 3.97. The summed E-state index contributed by atoms with van der Waals surface area (Å²) in [4.78, 5) is 19.7. The number of amides is 1. The maximum absolute atomic E-state index is 12.3. The van der Waals surface area contributed by atoms with E-state index in [1.54, 1.807) is 6.20 Å². The van der Waals surface area contributed by atoms with E-state index in [9.17, 15) is 4.79 Å². The maximum atomic E-state index is 12.3. The molecule has 0 saturated heterocycles. The third-order valence-electron chi connectivity index (χ3n) is 4.52. The number of benzene rings is 2. The Hall–Kier alpha value is -2.86. The molecule has 138 valence electrons. The van der Waals surface area contributed by atoms with Crippen molar-refractivity contribution in [2.24, 2.45) is 0 Å². The first-order valence-corrected chi connectivity index (χ1v) is 9.85. The SMILES string of the molecule is O=C(NCCOc1ccccc1)c1cnc(N2CCc3ccccc3C2)s1. The summed E-state index contributed by atoms with van der Waals surface area (Å²) in [5.41, 5.74) is 2.74. The van der Waals surface area contributed by atoms with Gasteiger partial charge in [0, 0.05) is 13.1 Å². The molecular formula is C21H21N3O2S. The minimum Gasteiger partial charge on any atom is -0.492 e.